The van der Waals surface area contributed by atoms with Crippen molar-refractivity contribution in [2.75, 3.05) is 11.4 Å². The number of anilines is 1. The van der Waals surface area contributed by atoms with E-state index in [1.165, 1.54) is 4.90 Å². The van der Waals surface area contributed by atoms with Gasteiger partial charge in [-0.2, -0.15) is 4.98 Å². The molecule has 2 aromatic rings. The maximum atomic E-state index is 13.7. The van der Waals surface area contributed by atoms with Gasteiger partial charge < -0.3 is 9.42 Å². The minimum atomic E-state index is -0.637. The highest BCUT2D eigenvalue weighted by Gasteiger charge is 2.36. The Kier molecular flexibility index (Phi) is 2.96. The van der Waals surface area contributed by atoms with Crippen LogP contribution in [0.1, 0.15) is 24.1 Å². The second-order valence-corrected chi connectivity index (χ2v) is 4.68. The van der Waals surface area contributed by atoms with Crippen LogP contribution in [0.5, 0.6) is 0 Å². The van der Waals surface area contributed by atoms with E-state index < -0.39 is 11.6 Å². The van der Waals surface area contributed by atoms with Gasteiger partial charge in [0, 0.05) is 19.0 Å². The van der Waals surface area contributed by atoms with Crippen molar-refractivity contribution >= 4 is 11.6 Å². The number of carbonyl (C=O) groups excluding carboxylic acids is 1. The van der Waals surface area contributed by atoms with Crippen LogP contribution in [-0.4, -0.2) is 22.6 Å². The van der Waals surface area contributed by atoms with Crippen LogP contribution in [0.25, 0.3) is 0 Å². The van der Waals surface area contributed by atoms with E-state index in [4.69, 9.17) is 4.52 Å². The van der Waals surface area contributed by atoms with Crippen LogP contribution >= 0.6 is 0 Å². The molecule has 0 spiro atoms. The van der Waals surface area contributed by atoms with Crippen LogP contribution in [0.3, 0.4) is 0 Å². The summed E-state index contributed by atoms with van der Waals surface area (Å²) in [5, 5.41) is 3.67. The Hall–Kier alpha value is -2.31. The van der Waals surface area contributed by atoms with Crippen LogP contribution in [0.2, 0.25) is 0 Å². The van der Waals surface area contributed by atoms with Gasteiger partial charge in [0.15, 0.2) is 5.82 Å². The summed E-state index contributed by atoms with van der Waals surface area (Å²) < 4.78 is 31.9. The number of hydrogen-bond donors (Lipinski definition) is 0. The largest absolute Gasteiger partial charge is 0.339 e. The molecule has 0 bridgehead atoms. The first-order valence-electron chi connectivity index (χ1n) is 6.10. The van der Waals surface area contributed by atoms with Gasteiger partial charge in [0.25, 0.3) is 0 Å². The van der Waals surface area contributed by atoms with E-state index in [0.29, 0.717) is 11.7 Å². The predicted octanol–water partition coefficient (Wildman–Crippen LogP) is 2.18. The first-order chi connectivity index (χ1) is 9.54. The average Bonchev–Trinajstić information content (AvgIpc) is 2.99. The molecule has 2 heterocycles. The third kappa shape index (κ3) is 2.15. The Morgan fingerprint density at radius 2 is 2.20 bits per heavy atom. The number of rotatable bonds is 2. The van der Waals surface area contributed by atoms with E-state index >= 15 is 0 Å². The van der Waals surface area contributed by atoms with E-state index in [9.17, 15) is 13.6 Å². The van der Waals surface area contributed by atoms with E-state index in [2.05, 4.69) is 10.1 Å². The summed E-state index contributed by atoms with van der Waals surface area (Å²) in [6.45, 7) is 1.87. The molecule has 20 heavy (non-hydrogen) atoms. The van der Waals surface area contributed by atoms with Crippen LogP contribution in [-0.2, 0) is 4.79 Å². The molecule has 1 aliphatic heterocycles. The van der Waals surface area contributed by atoms with E-state index in [0.717, 1.165) is 18.2 Å². The Balaban J connectivity index is 1.89. The molecule has 1 saturated heterocycles. The number of benzene rings is 1. The van der Waals surface area contributed by atoms with Crippen LogP contribution in [0.4, 0.5) is 14.5 Å². The highest BCUT2D eigenvalue weighted by molar-refractivity contribution is 5.96. The van der Waals surface area contributed by atoms with E-state index in [1.54, 1.807) is 6.92 Å². The molecule has 1 unspecified atom stereocenters. The lowest BCUT2D eigenvalue weighted by Gasteiger charge is -2.16. The smallest absolute Gasteiger partial charge is 0.232 e. The van der Waals surface area contributed by atoms with Crippen LogP contribution in [0.15, 0.2) is 22.7 Å². The zero-order chi connectivity index (χ0) is 14.3. The zero-order valence-corrected chi connectivity index (χ0v) is 10.6. The van der Waals surface area contributed by atoms with Crippen molar-refractivity contribution in [1.29, 1.82) is 0 Å². The summed E-state index contributed by atoms with van der Waals surface area (Å²) in [5.74, 6) is -1.01. The van der Waals surface area contributed by atoms with Crippen molar-refractivity contribution < 1.29 is 18.1 Å². The molecule has 5 nitrogen and oxygen atoms in total. The molecular weight excluding hydrogens is 268 g/mol. The minimum Gasteiger partial charge on any atom is -0.339 e. The fraction of sp³-hybridized carbons (Fsp3) is 0.308. The fourth-order valence-electron chi connectivity index (χ4n) is 2.28. The van der Waals surface area contributed by atoms with Gasteiger partial charge in [0.1, 0.15) is 11.6 Å². The maximum absolute atomic E-state index is 13.7. The topological polar surface area (TPSA) is 59.2 Å². The fourth-order valence-corrected chi connectivity index (χ4v) is 2.28. The average molecular weight is 279 g/mol. The second kappa shape index (κ2) is 4.66. The highest BCUT2D eigenvalue weighted by Crippen LogP contribution is 2.32. The van der Waals surface area contributed by atoms with Gasteiger partial charge in [-0.05, 0) is 19.1 Å². The summed E-state index contributed by atoms with van der Waals surface area (Å²) in [7, 11) is 0. The number of carbonyl (C=O) groups is 1. The third-order valence-corrected chi connectivity index (χ3v) is 3.22. The van der Waals surface area contributed by atoms with Crippen molar-refractivity contribution in [2.24, 2.45) is 0 Å². The number of amides is 1. The molecule has 7 heteroatoms. The molecule has 1 atom stereocenters. The lowest BCUT2D eigenvalue weighted by Crippen LogP contribution is -2.25. The van der Waals surface area contributed by atoms with Gasteiger partial charge in [-0.25, -0.2) is 8.78 Å². The third-order valence-electron chi connectivity index (χ3n) is 3.22. The van der Waals surface area contributed by atoms with E-state index in [-0.39, 0.29) is 30.5 Å². The molecule has 0 saturated carbocycles. The van der Waals surface area contributed by atoms with Gasteiger partial charge in [-0.1, -0.05) is 5.16 Å². The van der Waals surface area contributed by atoms with Gasteiger partial charge >= 0.3 is 0 Å². The number of aryl methyl sites for hydroxylation is 1. The molecule has 104 valence electrons. The molecule has 3 rings (SSSR count). The molecule has 1 fully saturated rings. The lowest BCUT2D eigenvalue weighted by molar-refractivity contribution is -0.117. The number of halogens is 2. The zero-order valence-electron chi connectivity index (χ0n) is 10.6. The first kappa shape index (κ1) is 12.7. The molecule has 1 amide bonds. The van der Waals surface area contributed by atoms with Gasteiger partial charge in [-0.3, -0.25) is 4.79 Å². The van der Waals surface area contributed by atoms with Crippen molar-refractivity contribution in [1.82, 2.24) is 10.1 Å². The molecule has 0 N–H and O–H groups in total. The normalized spacial score (nSPS) is 18.9. The Morgan fingerprint density at radius 3 is 2.90 bits per heavy atom. The molecule has 1 aromatic heterocycles. The first-order valence-corrected chi connectivity index (χ1v) is 6.10. The Morgan fingerprint density at radius 1 is 1.40 bits per heavy atom. The number of nitrogens with zero attached hydrogens (tertiary/aromatic N) is 3. The predicted molar refractivity (Wildman–Crippen MR) is 65.1 cm³/mol. The summed E-state index contributed by atoms with van der Waals surface area (Å²) in [4.78, 5) is 17.3. The number of hydrogen-bond acceptors (Lipinski definition) is 4. The molecule has 0 radical (unpaired) electrons. The SMILES string of the molecule is Cc1noc(C2CC(=O)N(c3cc(F)ccc3F)C2)n1. The summed E-state index contributed by atoms with van der Waals surface area (Å²) >= 11 is 0. The van der Waals surface area contributed by atoms with Gasteiger partial charge in [-0.15, -0.1) is 0 Å². The standard InChI is InChI=1S/C13H11F2N3O2/c1-7-16-13(20-17-7)8-4-12(19)18(6-8)11-5-9(14)2-3-10(11)15/h2-3,5,8H,4,6H2,1H3. The molecule has 0 aliphatic carbocycles. The van der Waals surface area contributed by atoms with Gasteiger partial charge in [0.2, 0.25) is 11.8 Å². The Bertz CT molecular complexity index is 671. The highest BCUT2D eigenvalue weighted by atomic mass is 19.1. The molecule has 1 aromatic carbocycles. The lowest BCUT2D eigenvalue weighted by atomic mass is 10.1. The van der Waals surface area contributed by atoms with Crippen molar-refractivity contribution in [3.63, 3.8) is 0 Å². The quantitative estimate of drug-likeness (QED) is 0.845. The second-order valence-electron chi connectivity index (χ2n) is 4.68. The van der Waals surface area contributed by atoms with Crippen LogP contribution < -0.4 is 4.90 Å². The molecule has 1 aliphatic rings. The van der Waals surface area contributed by atoms with Crippen molar-refractivity contribution in [2.45, 2.75) is 19.3 Å². The minimum absolute atomic E-state index is 0.0614. The summed E-state index contributed by atoms with van der Waals surface area (Å²) in [6, 6.07) is 3.02. The maximum Gasteiger partial charge on any atom is 0.232 e. The van der Waals surface area contributed by atoms with Crippen molar-refractivity contribution in [3.05, 3.63) is 41.5 Å². The summed E-state index contributed by atoms with van der Waals surface area (Å²) in [5.41, 5.74) is -0.0614. The summed E-state index contributed by atoms with van der Waals surface area (Å²) in [6.07, 6.45) is 0.136. The monoisotopic (exact) mass is 279 g/mol. The Labute approximate surface area is 113 Å². The molecular formula is C13H11F2N3O2. The van der Waals surface area contributed by atoms with Gasteiger partial charge in [0.05, 0.1) is 11.6 Å². The number of aromatic nitrogens is 2. The van der Waals surface area contributed by atoms with E-state index in [1.807, 2.05) is 0 Å². The van der Waals surface area contributed by atoms with Crippen molar-refractivity contribution in [3.8, 4) is 0 Å². The van der Waals surface area contributed by atoms with Crippen LogP contribution in [0, 0.1) is 18.6 Å².